The number of allylic oxidation sites excluding steroid dienone is 3. The second-order valence-electron chi connectivity index (χ2n) is 26.7. The molecule has 11 atom stereocenters. The Hall–Kier alpha value is -3.29. The third kappa shape index (κ3) is 44.8. The Balaban J connectivity index is 0.00000100. The molecule has 0 spiro atoms. The van der Waals surface area contributed by atoms with E-state index in [0.29, 0.717) is 38.4 Å². The number of aliphatic hydroxyl groups excluding tert-OH is 2. The smallest absolute Gasteiger partial charge is 0.471 e. The molecule has 0 aromatic rings. The van der Waals surface area contributed by atoms with Gasteiger partial charge < -0.3 is 49.3 Å². The van der Waals surface area contributed by atoms with Gasteiger partial charge in [-0.1, -0.05) is 258 Å². The third-order valence-electron chi connectivity index (χ3n) is 17.8. The Morgan fingerprint density at radius 3 is 1.54 bits per heavy atom. The van der Waals surface area contributed by atoms with E-state index in [2.05, 4.69) is 70.6 Å². The molecule has 0 bridgehead atoms. The fourth-order valence-electron chi connectivity index (χ4n) is 12.1. The molecule has 2 aliphatic heterocycles. The van der Waals surface area contributed by atoms with Crippen LogP contribution in [0.15, 0.2) is 49.8 Å². The van der Waals surface area contributed by atoms with Crippen molar-refractivity contribution in [1.82, 2.24) is 10.6 Å². The van der Waals surface area contributed by atoms with Gasteiger partial charge in [0.05, 0.1) is 38.6 Å². The van der Waals surface area contributed by atoms with Gasteiger partial charge in [-0.25, -0.2) is 4.57 Å². The molecule has 2 heterocycles. The van der Waals surface area contributed by atoms with Crippen molar-refractivity contribution >= 4 is 31.3 Å². The molecule has 0 aliphatic carbocycles. The van der Waals surface area contributed by atoms with Crippen LogP contribution in [0.1, 0.15) is 319 Å². The topological polar surface area (TPSA) is 240 Å². The number of Topliss-reactive ketones (excluding diaryl/α,β-unsaturated/α-hetero) is 1. The number of phosphoric acid groups is 1. The number of nitrogens with one attached hydrogen (secondary N) is 3. The highest BCUT2D eigenvalue weighted by atomic mass is 31.2. The van der Waals surface area contributed by atoms with Crippen LogP contribution >= 0.6 is 7.82 Å². The highest BCUT2D eigenvalue weighted by Crippen LogP contribution is 2.53. The summed E-state index contributed by atoms with van der Waals surface area (Å²) in [6, 6.07) is -1.67. The number of amides is 2. The van der Waals surface area contributed by atoms with Crippen molar-refractivity contribution in [3.63, 3.8) is 0 Å². The summed E-state index contributed by atoms with van der Waals surface area (Å²) in [5, 5.41) is 34.8. The summed E-state index contributed by atoms with van der Waals surface area (Å²) in [4.78, 5) is 38.9. The van der Waals surface area contributed by atoms with Crippen molar-refractivity contribution in [2.75, 3.05) is 33.0 Å². The molecule has 560 valence electrons. The molecule has 19 heteroatoms. The fraction of sp³-hybridized carbons (Fsp3) is 0.844. The maximum absolute atomic E-state index is 13.9. The van der Waals surface area contributed by atoms with Gasteiger partial charge in [-0.2, -0.15) is 0 Å². The Bertz CT molecular complexity index is 2030. The number of ether oxygens (including phenoxy) is 6. The minimum absolute atomic E-state index is 0.0540. The number of unbranched alkanes of at least 4 members (excludes halogenated alkanes) is 30. The standard InChI is InChI=1S/C44H81N2O8P.C33H61NO7/c1-8-13-15-17-18-19-20-21-22-23-24-25-26-28-30-32-40(47)46-41-43(49-36-33-37(6)31-29-27-16-14-9-2)42(39(12-5)53-44(41)52-38(7)45)54-55(48,50-34-10-3)51-35-11-4;1-4-7-9-11-13-15-16-18-20-22-27(36)25-29(37)34-30-32(39-24-21-19-17-14-12-10-8-5-2)31(38)28(26-35)41-33(30)40-23-6-3/h10-11,19-20,37,39,41-45H,3-4,8-9,12-18,21-36H2,1-2,5-7H3,(H,46,47);6,23,28,30-33,35,38H,4-5,7-22,24-26H2,1-3H3,(H,34,37)/b20-19-,45-38?;23-6-/t37-,39?,41?,42?,43?,44?;/m1./s1. The molecular formula is C77H142N3O15P. The van der Waals surface area contributed by atoms with E-state index in [-0.39, 0.29) is 37.2 Å². The van der Waals surface area contributed by atoms with E-state index in [4.69, 9.17) is 47.4 Å². The number of hydrogen-bond donors (Lipinski definition) is 5. The van der Waals surface area contributed by atoms with E-state index >= 15 is 0 Å². The summed E-state index contributed by atoms with van der Waals surface area (Å²) < 4.78 is 67.6. The number of aliphatic hydroxyl groups is 2. The van der Waals surface area contributed by atoms with Crippen molar-refractivity contribution < 1.29 is 71.2 Å². The third-order valence-corrected chi connectivity index (χ3v) is 19.2. The minimum Gasteiger partial charge on any atom is -0.471 e. The zero-order valence-electron chi connectivity index (χ0n) is 61.9. The van der Waals surface area contributed by atoms with Crippen molar-refractivity contribution in [3.8, 4) is 0 Å². The fourth-order valence-corrected chi connectivity index (χ4v) is 13.4. The van der Waals surface area contributed by atoms with Gasteiger partial charge >= 0.3 is 7.82 Å². The number of carbonyl (C=O) groups is 3. The maximum Gasteiger partial charge on any atom is 0.475 e. The van der Waals surface area contributed by atoms with Gasteiger partial charge in [0, 0.05) is 33.0 Å². The lowest BCUT2D eigenvalue weighted by Gasteiger charge is -2.46. The number of rotatable bonds is 62. The highest BCUT2D eigenvalue weighted by molar-refractivity contribution is 7.48. The van der Waals surface area contributed by atoms with Gasteiger partial charge in [-0.05, 0) is 70.6 Å². The molecule has 0 aromatic carbocycles. The normalized spacial score (nSPS) is 21.6. The molecule has 0 aromatic heterocycles. The Morgan fingerprint density at radius 1 is 0.573 bits per heavy atom. The molecular weight excluding hydrogens is 1240 g/mol. The largest absolute Gasteiger partial charge is 0.475 e. The lowest BCUT2D eigenvalue weighted by Crippen LogP contribution is -2.65. The van der Waals surface area contributed by atoms with Gasteiger partial charge in [0.15, 0.2) is 5.90 Å². The Labute approximate surface area is 584 Å². The second kappa shape index (κ2) is 61.6. The van der Waals surface area contributed by atoms with Crippen LogP contribution in [-0.2, 0) is 60.9 Å². The van der Waals surface area contributed by atoms with Crippen LogP contribution < -0.4 is 10.6 Å². The average molecular weight is 1380 g/mol. The first-order valence-electron chi connectivity index (χ1n) is 38.5. The molecule has 18 nitrogen and oxygen atoms in total. The molecule has 5 N–H and O–H groups in total. The summed E-state index contributed by atoms with van der Waals surface area (Å²) in [6.45, 7) is 24.0. The van der Waals surface area contributed by atoms with Crippen molar-refractivity contribution in [2.45, 2.75) is 380 Å². The van der Waals surface area contributed by atoms with Gasteiger partial charge in [-0.3, -0.25) is 33.4 Å². The predicted molar refractivity (Wildman–Crippen MR) is 390 cm³/mol. The number of ketones is 1. The maximum atomic E-state index is 13.9. The molecule has 2 saturated heterocycles. The van der Waals surface area contributed by atoms with Crippen molar-refractivity contribution in [1.29, 1.82) is 5.41 Å². The molecule has 0 radical (unpaired) electrons. The average Bonchev–Trinajstić information content (AvgIpc) is 0.800. The van der Waals surface area contributed by atoms with E-state index < -0.39 is 81.6 Å². The molecule has 96 heavy (non-hydrogen) atoms. The summed E-state index contributed by atoms with van der Waals surface area (Å²) >= 11 is 0. The molecule has 2 rings (SSSR count). The van der Waals surface area contributed by atoms with Crippen molar-refractivity contribution in [2.24, 2.45) is 5.92 Å². The molecule has 10 unspecified atom stereocenters. The molecule has 2 amide bonds. The van der Waals surface area contributed by atoms with E-state index in [1.165, 1.54) is 186 Å². The SMILES string of the molecule is C/C=C\OC1OC(CO)C(O)C(OCCCCCCCCCC)C1NC(=O)CC(=O)CCCCCCCCCCC.C=CCOP(=O)(OCC=C)OC1C(CC)OC(OC(C)=N)C(NC(=O)CCCCCCCCC/C=C\CCCCCC)C1OCC[C@H](C)CCCCCCC. The number of carbonyl (C=O) groups excluding carboxylic acids is 3. The zero-order valence-corrected chi connectivity index (χ0v) is 62.8. The van der Waals surface area contributed by atoms with Gasteiger partial charge in [0.1, 0.15) is 48.4 Å². The summed E-state index contributed by atoms with van der Waals surface area (Å²) in [6.07, 6.45) is 47.5. The summed E-state index contributed by atoms with van der Waals surface area (Å²) in [7, 11) is -4.14. The van der Waals surface area contributed by atoms with Crippen LogP contribution in [0.5, 0.6) is 0 Å². The monoisotopic (exact) mass is 1380 g/mol. The van der Waals surface area contributed by atoms with E-state index in [1.807, 2.05) is 6.92 Å². The van der Waals surface area contributed by atoms with Crippen molar-refractivity contribution in [3.05, 3.63) is 49.8 Å². The van der Waals surface area contributed by atoms with E-state index in [9.17, 15) is 29.2 Å². The number of phosphoric ester groups is 1. The zero-order chi connectivity index (χ0) is 70.7. The first-order chi connectivity index (χ1) is 46.6. The predicted octanol–water partition coefficient (Wildman–Crippen LogP) is 18.8. The van der Waals surface area contributed by atoms with Gasteiger partial charge in [0.2, 0.25) is 24.4 Å². The van der Waals surface area contributed by atoms with E-state index in [0.717, 1.165) is 77.0 Å². The minimum atomic E-state index is -4.14. The van der Waals surface area contributed by atoms with Gasteiger partial charge in [0.25, 0.3) is 0 Å². The van der Waals surface area contributed by atoms with Crippen LogP contribution in [0.25, 0.3) is 0 Å². The molecule has 0 saturated carbocycles. The van der Waals surface area contributed by atoms with Crippen LogP contribution in [0.2, 0.25) is 0 Å². The Morgan fingerprint density at radius 2 is 1.03 bits per heavy atom. The quantitative estimate of drug-likeness (QED) is 0.00724. The molecule has 2 fully saturated rings. The molecule has 2 aliphatic rings. The number of hydrogen-bond acceptors (Lipinski definition) is 16. The van der Waals surface area contributed by atoms with Crippen LogP contribution in [0.3, 0.4) is 0 Å². The summed E-state index contributed by atoms with van der Waals surface area (Å²) in [5.74, 6) is -0.321. The lowest BCUT2D eigenvalue weighted by atomic mass is 9.94. The summed E-state index contributed by atoms with van der Waals surface area (Å²) in [5.41, 5.74) is 0. The first-order valence-corrected chi connectivity index (χ1v) is 39.9. The van der Waals surface area contributed by atoms with Gasteiger partial charge in [-0.15, -0.1) is 13.2 Å². The van der Waals surface area contributed by atoms with Crippen LogP contribution in [0.4, 0.5) is 0 Å². The second-order valence-corrected chi connectivity index (χ2v) is 28.3. The van der Waals surface area contributed by atoms with Crippen LogP contribution in [-0.4, -0.2) is 128 Å². The Kier molecular flexibility index (Phi) is 58.2. The highest BCUT2D eigenvalue weighted by Gasteiger charge is 2.52. The van der Waals surface area contributed by atoms with E-state index in [1.54, 1.807) is 13.0 Å². The van der Waals surface area contributed by atoms with Crippen LogP contribution in [0, 0.1) is 11.3 Å². The first kappa shape index (κ1) is 90.7. The lowest BCUT2D eigenvalue weighted by molar-refractivity contribution is -0.263.